The first-order valence-electron chi connectivity index (χ1n) is 9.81. The molecular formula is C22H26N2O3. The summed E-state index contributed by atoms with van der Waals surface area (Å²) in [6.45, 7) is 2.99. The number of amides is 1. The lowest BCUT2D eigenvalue weighted by atomic mass is 10.0. The van der Waals surface area contributed by atoms with Crippen molar-refractivity contribution in [2.45, 2.75) is 31.7 Å². The number of benzene rings is 2. The van der Waals surface area contributed by atoms with Gasteiger partial charge in [-0.3, -0.25) is 4.79 Å². The van der Waals surface area contributed by atoms with E-state index in [9.17, 15) is 4.79 Å². The van der Waals surface area contributed by atoms with E-state index in [1.807, 2.05) is 53.4 Å². The summed E-state index contributed by atoms with van der Waals surface area (Å²) in [5.74, 6) is 1.62. The molecule has 5 heteroatoms. The summed E-state index contributed by atoms with van der Waals surface area (Å²) >= 11 is 0. The fourth-order valence-electron chi connectivity index (χ4n) is 3.65. The summed E-state index contributed by atoms with van der Waals surface area (Å²) in [5.41, 5.74) is 1.83. The molecule has 1 amide bonds. The first-order chi connectivity index (χ1) is 13.3. The number of ether oxygens (including phenoxy) is 2. The Morgan fingerprint density at radius 3 is 2.41 bits per heavy atom. The molecule has 1 unspecified atom stereocenters. The van der Waals surface area contributed by atoms with E-state index in [2.05, 4.69) is 5.32 Å². The number of nitrogens with one attached hydrogen (secondary N) is 1. The highest BCUT2D eigenvalue weighted by molar-refractivity contribution is 5.86. The Hall–Kier alpha value is -2.69. The van der Waals surface area contributed by atoms with Crippen LogP contribution in [0.25, 0.3) is 0 Å². The molecule has 0 bridgehead atoms. The number of rotatable bonds is 4. The zero-order chi connectivity index (χ0) is 18.5. The number of anilines is 1. The zero-order valence-electron chi connectivity index (χ0n) is 15.5. The second-order valence-corrected chi connectivity index (χ2v) is 7.09. The molecule has 0 aromatic heterocycles. The molecule has 27 heavy (non-hydrogen) atoms. The molecule has 0 aliphatic carbocycles. The Bertz CT molecular complexity index is 772. The van der Waals surface area contributed by atoms with Gasteiger partial charge in [0.05, 0.1) is 13.2 Å². The first kappa shape index (κ1) is 17.7. The number of hydrogen-bond donors (Lipinski definition) is 1. The van der Waals surface area contributed by atoms with Gasteiger partial charge in [-0.1, -0.05) is 30.3 Å². The summed E-state index contributed by atoms with van der Waals surface area (Å²) in [5, 5.41) is 3.44. The van der Waals surface area contributed by atoms with Crippen LogP contribution >= 0.6 is 0 Å². The van der Waals surface area contributed by atoms with Crippen LogP contribution in [0.5, 0.6) is 11.5 Å². The lowest BCUT2D eigenvalue weighted by Gasteiger charge is -2.31. The summed E-state index contributed by atoms with van der Waals surface area (Å²) in [7, 11) is 0. The molecule has 1 saturated heterocycles. The minimum absolute atomic E-state index is 0.132. The summed E-state index contributed by atoms with van der Waals surface area (Å²) in [4.78, 5) is 15.2. The molecular weight excluding hydrogens is 340 g/mol. The zero-order valence-corrected chi connectivity index (χ0v) is 15.5. The summed E-state index contributed by atoms with van der Waals surface area (Å²) < 4.78 is 11.5. The van der Waals surface area contributed by atoms with Crippen LogP contribution in [0.3, 0.4) is 0 Å². The second-order valence-electron chi connectivity index (χ2n) is 7.09. The molecule has 2 aromatic carbocycles. The van der Waals surface area contributed by atoms with Gasteiger partial charge >= 0.3 is 0 Å². The molecule has 0 spiro atoms. The van der Waals surface area contributed by atoms with Crippen molar-refractivity contribution in [2.75, 3.05) is 31.6 Å². The molecule has 4 rings (SSSR count). The molecule has 2 aliphatic heterocycles. The van der Waals surface area contributed by atoms with Crippen molar-refractivity contribution in [1.82, 2.24) is 4.90 Å². The van der Waals surface area contributed by atoms with Crippen molar-refractivity contribution in [3.63, 3.8) is 0 Å². The number of nitrogens with zero attached hydrogens (tertiary/aromatic N) is 1. The van der Waals surface area contributed by atoms with Crippen LogP contribution < -0.4 is 14.8 Å². The predicted octanol–water partition coefficient (Wildman–Crippen LogP) is 4.01. The third-order valence-corrected chi connectivity index (χ3v) is 5.11. The van der Waals surface area contributed by atoms with Gasteiger partial charge in [0.15, 0.2) is 11.5 Å². The van der Waals surface area contributed by atoms with E-state index in [1.54, 1.807) is 0 Å². The second kappa shape index (κ2) is 8.33. The van der Waals surface area contributed by atoms with Crippen molar-refractivity contribution < 1.29 is 14.3 Å². The van der Waals surface area contributed by atoms with Crippen LogP contribution in [0.4, 0.5) is 5.69 Å². The minimum Gasteiger partial charge on any atom is -0.490 e. The number of carbonyl (C=O) groups excluding carboxylic acids is 1. The number of fused-ring (bicyclic) bond motifs is 1. The van der Waals surface area contributed by atoms with Crippen LogP contribution in [0, 0.1) is 0 Å². The number of piperidine rings is 1. The van der Waals surface area contributed by atoms with Gasteiger partial charge in [0.2, 0.25) is 5.91 Å². The van der Waals surface area contributed by atoms with E-state index in [0.29, 0.717) is 13.2 Å². The van der Waals surface area contributed by atoms with E-state index in [4.69, 9.17) is 9.47 Å². The molecule has 2 heterocycles. The van der Waals surface area contributed by atoms with Gasteiger partial charge in [0.1, 0.15) is 6.04 Å². The van der Waals surface area contributed by atoms with Gasteiger partial charge in [-0.05, 0) is 37.0 Å². The lowest BCUT2D eigenvalue weighted by molar-refractivity contribution is -0.133. The van der Waals surface area contributed by atoms with Gasteiger partial charge in [0.25, 0.3) is 0 Å². The standard InChI is InChI=1S/C22H26N2O3/c25-22(24-12-5-2-6-13-24)21(17-8-3-1-4-9-17)23-18-10-11-19-20(16-18)27-15-7-14-26-19/h1,3-4,8-11,16,21,23H,2,5-7,12-15H2. The monoisotopic (exact) mass is 366 g/mol. The number of carbonyl (C=O) groups is 1. The Balaban J connectivity index is 1.59. The van der Waals surface area contributed by atoms with E-state index >= 15 is 0 Å². The molecule has 142 valence electrons. The topological polar surface area (TPSA) is 50.8 Å². The molecule has 1 N–H and O–H groups in total. The highest BCUT2D eigenvalue weighted by Crippen LogP contribution is 2.34. The van der Waals surface area contributed by atoms with Gasteiger partial charge < -0.3 is 19.7 Å². The predicted molar refractivity (Wildman–Crippen MR) is 105 cm³/mol. The highest BCUT2D eigenvalue weighted by atomic mass is 16.5. The van der Waals surface area contributed by atoms with Crippen molar-refractivity contribution in [3.05, 3.63) is 54.1 Å². The molecule has 0 saturated carbocycles. The van der Waals surface area contributed by atoms with Crippen LogP contribution in [0.2, 0.25) is 0 Å². The van der Waals surface area contributed by atoms with Gasteiger partial charge in [-0.2, -0.15) is 0 Å². The van der Waals surface area contributed by atoms with E-state index in [0.717, 1.165) is 55.1 Å². The summed E-state index contributed by atoms with van der Waals surface area (Å²) in [6.07, 6.45) is 4.24. The molecule has 2 aromatic rings. The third-order valence-electron chi connectivity index (χ3n) is 5.11. The molecule has 0 radical (unpaired) electrons. The fraction of sp³-hybridized carbons (Fsp3) is 0.409. The van der Waals surface area contributed by atoms with Crippen molar-refractivity contribution in [3.8, 4) is 11.5 Å². The van der Waals surface area contributed by atoms with Crippen molar-refractivity contribution in [1.29, 1.82) is 0 Å². The Morgan fingerprint density at radius 1 is 0.889 bits per heavy atom. The van der Waals surface area contributed by atoms with Crippen molar-refractivity contribution in [2.24, 2.45) is 0 Å². The maximum atomic E-state index is 13.3. The average molecular weight is 366 g/mol. The SMILES string of the molecule is O=C(C(Nc1ccc2c(c1)OCCCO2)c1ccccc1)N1CCCCC1. The van der Waals surface area contributed by atoms with E-state index in [-0.39, 0.29) is 5.91 Å². The van der Waals surface area contributed by atoms with E-state index in [1.165, 1.54) is 6.42 Å². The van der Waals surface area contributed by atoms with Crippen LogP contribution in [-0.4, -0.2) is 37.1 Å². The lowest BCUT2D eigenvalue weighted by Crippen LogP contribution is -2.41. The Labute approximate surface area is 160 Å². The third kappa shape index (κ3) is 4.18. The molecule has 2 aliphatic rings. The molecule has 1 atom stereocenters. The fourth-order valence-corrected chi connectivity index (χ4v) is 3.65. The normalized spacial score (nSPS) is 17.7. The largest absolute Gasteiger partial charge is 0.490 e. The number of hydrogen-bond acceptors (Lipinski definition) is 4. The quantitative estimate of drug-likeness (QED) is 0.888. The van der Waals surface area contributed by atoms with Gasteiger partial charge in [0, 0.05) is 31.3 Å². The molecule has 5 nitrogen and oxygen atoms in total. The number of likely N-dealkylation sites (tertiary alicyclic amines) is 1. The molecule has 1 fully saturated rings. The highest BCUT2D eigenvalue weighted by Gasteiger charge is 2.27. The van der Waals surface area contributed by atoms with E-state index < -0.39 is 6.04 Å². The minimum atomic E-state index is -0.408. The van der Waals surface area contributed by atoms with Gasteiger partial charge in [-0.15, -0.1) is 0 Å². The van der Waals surface area contributed by atoms with Crippen LogP contribution in [0.1, 0.15) is 37.3 Å². The van der Waals surface area contributed by atoms with Crippen molar-refractivity contribution >= 4 is 11.6 Å². The van der Waals surface area contributed by atoms with Crippen LogP contribution in [-0.2, 0) is 4.79 Å². The Kier molecular flexibility index (Phi) is 5.47. The smallest absolute Gasteiger partial charge is 0.249 e. The summed E-state index contributed by atoms with van der Waals surface area (Å²) in [6, 6.07) is 15.3. The maximum Gasteiger partial charge on any atom is 0.249 e. The maximum absolute atomic E-state index is 13.3. The van der Waals surface area contributed by atoms with Gasteiger partial charge in [-0.25, -0.2) is 0 Å². The van der Waals surface area contributed by atoms with Crippen LogP contribution in [0.15, 0.2) is 48.5 Å². The average Bonchev–Trinajstić information content (AvgIpc) is 2.98. The Morgan fingerprint density at radius 2 is 1.63 bits per heavy atom. The first-order valence-corrected chi connectivity index (χ1v) is 9.81.